The van der Waals surface area contributed by atoms with Crippen molar-refractivity contribution in [3.05, 3.63) is 35.4 Å². The van der Waals surface area contributed by atoms with Crippen molar-refractivity contribution in [2.75, 3.05) is 7.11 Å². The highest BCUT2D eigenvalue weighted by molar-refractivity contribution is 5.19. The van der Waals surface area contributed by atoms with Crippen molar-refractivity contribution in [1.82, 2.24) is 5.43 Å². The van der Waals surface area contributed by atoms with Crippen molar-refractivity contribution in [2.24, 2.45) is 5.84 Å². The minimum atomic E-state index is -0.848. The van der Waals surface area contributed by atoms with Crippen LogP contribution in [0.3, 0.4) is 0 Å². The number of rotatable bonds is 6. The molecule has 0 spiro atoms. The molecule has 0 amide bonds. The summed E-state index contributed by atoms with van der Waals surface area (Å²) in [6.07, 6.45) is 1.22. The molecule has 0 saturated carbocycles. The number of nitrogens with one attached hydrogen (secondary N) is 1. The van der Waals surface area contributed by atoms with Crippen LogP contribution in [0.5, 0.6) is 0 Å². The van der Waals surface area contributed by atoms with E-state index < -0.39 is 17.2 Å². The lowest BCUT2D eigenvalue weighted by atomic mass is 9.88. The maximum Gasteiger partial charge on any atom is 0.159 e. The molecule has 0 bridgehead atoms. The number of nitrogens with two attached hydrogens (primary N) is 1. The maximum absolute atomic E-state index is 13.1. The van der Waals surface area contributed by atoms with Gasteiger partial charge in [0, 0.05) is 7.11 Å². The standard InChI is InChI=1S/C13H20F2N2O/c1-4-13(2,18-3)12(17-16)8-9-5-6-10(14)11(15)7-9/h5-7,12,17H,4,8,16H2,1-3H3. The van der Waals surface area contributed by atoms with Crippen molar-refractivity contribution in [1.29, 1.82) is 0 Å². The Morgan fingerprint density at radius 1 is 1.39 bits per heavy atom. The molecular weight excluding hydrogens is 238 g/mol. The highest BCUT2D eigenvalue weighted by atomic mass is 19.2. The highest BCUT2D eigenvalue weighted by Gasteiger charge is 2.32. The predicted molar refractivity (Wildman–Crippen MR) is 66.9 cm³/mol. The number of ether oxygens (including phenoxy) is 1. The molecule has 0 fully saturated rings. The number of hydrogen-bond donors (Lipinski definition) is 2. The van der Waals surface area contributed by atoms with Crippen LogP contribution in [0.15, 0.2) is 18.2 Å². The average Bonchev–Trinajstić information content (AvgIpc) is 2.39. The molecule has 1 aromatic carbocycles. The monoisotopic (exact) mass is 258 g/mol. The van der Waals surface area contributed by atoms with Crippen molar-refractivity contribution in [3.8, 4) is 0 Å². The molecule has 3 N–H and O–H groups in total. The van der Waals surface area contributed by atoms with Crippen LogP contribution in [0.25, 0.3) is 0 Å². The molecule has 0 heterocycles. The van der Waals surface area contributed by atoms with E-state index in [2.05, 4.69) is 5.43 Å². The summed E-state index contributed by atoms with van der Waals surface area (Å²) >= 11 is 0. The Hall–Kier alpha value is -1.04. The van der Waals surface area contributed by atoms with Gasteiger partial charge in [0.15, 0.2) is 11.6 Å². The second kappa shape index (κ2) is 6.22. The molecule has 3 nitrogen and oxygen atoms in total. The van der Waals surface area contributed by atoms with Crippen LogP contribution in [-0.2, 0) is 11.2 Å². The van der Waals surface area contributed by atoms with E-state index in [0.29, 0.717) is 12.0 Å². The number of hydrazine groups is 1. The van der Waals surface area contributed by atoms with Crippen LogP contribution < -0.4 is 11.3 Å². The van der Waals surface area contributed by atoms with Crippen molar-refractivity contribution in [2.45, 2.75) is 38.3 Å². The van der Waals surface area contributed by atoms with Gasteiger partial charge >= 0.3 is 0 Å². The first-order valence-corrected chi connectivity index (χ1v) is 5.92. The molecule has 2 unspecified atom stereocenters. The molecule has 0 aliphatic heterocycles. The van der Waals surface area contributed by atoms with Crippen LogP contribution in [0.2, 0.25) is 0 Å². The zero-order valence-electron chi connectivity index (χ0n) is 11.0. The first-order chi connectivity index (χ1) is 8.46. The van der Waals surface area contributed by atoms with Crippen LogP contribution in [-0.4, -0.2) is 18.8 Å². The van der Waals surface area contributed by atoms with Crippen LogP contribution >= 0.6 is 0 Å². The van der Waals surface area contributed by atoms with Gasteiger partial charge in [0.05, 0.1) is 11.6 Å². The summed E-state index contributed by atoms with van der Waals surface area (Å²) in [5.74, 6) is 3.83. The Morgan fingerprint density at radius 2 is 2.06 bits per heavy atom. The summed E-state index contributed by atoms with van der Waals surface area (Å²) in [4.78, 5) is 0. The predicted octanol–water partition coefficient (Wildman–Crippen LogP) is 2.15. The molecule has 0 saturated heterocycles. The Kier molecular flexibility index (Phi) is 5.19. The lowest BCUT2D eigenvalue weighted by molar-refractivity contribution is -0.0288. The summed E-state index contributed by atoms with van der Waals surface area (Å²) < 4.78 is 31.4. The number of hydrogen-bond acceptors (Lipinski definition) is 3. The smallest absolute Gasteiger partial charge is 0.159 e. The zero-order chi connectivity index (χ0) is 13.8. The van der Waals surface area contributed by atoms with Gasteiger partial charge in [-0.05, 0) is 37.5 Å². The minimum absolute atomic E-state index is 0.183. The first kappa shape index (κ1) is 15.0. The van der Waals surface area contributed by atoms with Gasteiger partial charge < -0.3 is 4.74 Å². The quantitative estimate of drug-likeness (QED) is 0.607. The molecule has 5 heteroatoms. The number of halogens is 2. The van der Waals surface area contributed by atoms with Crippen molar-refractivity contribution >= 4 is 0 Å². The van der Waals surface area contributed by atoms with Gasteiger partial charge in [-0.25, -0.2) is 8.78 Å². The van der Waals surface area contributed by atoms with E-state index in [9.17, 15) is 8.78 Å². The van der Waals surface area contributed by atoms with Crippen LogP contribution in [0.1, 0.15) is 25.8 Å². The Morgan fingerprint density at radius 3 is 2.50 bits per heavy atom. The Labute approximate surface area is 106 Å². The van der Waals surface area contributed by atoms with Gasteiger partial charge in [-0.3, -0.25) is 11.3 Å². The van der Waals surface area contributed by atoms with Gasteiger partial charge in [-0.2, -0.15) is 0 Å². The van der Waals surface area contributed by atoms with Gasteiger partial charge in [0.1, 0.15) is 0 Å². The Balaban J connectivity index is 2.88. The molecule has 0 aliphatic carbocycles. The summed E-state index contributed by atoms with van der Waals surface area (Å²) in [5.41, 5.74) is 2.90. The van der Waals surface area contributed by atoms with E-state index in [0.717, 1.165) is 12.5 Å². The van der Waals surface area contributed by atoms with E-state index >= 15 is 0 Å². The van der Waals surface area contributed by atoms with Gasteiger partial charge in [-0.1, -0.05) is 13.0 Å². The second-order valence-corrected chi connectivity index (χ2v) is 4.54. The fraction of sp³-hybridized carbons (Fsp3) is 0.538. The lowest BCUT2D eigenvalue weighted by Gasteiger charge is -2.35. The average molecular weight is 258 g/mol. The molecule has 0 aliphatic rings. The molecule has 18 heavy (non-hydrogen) atoms. The Bertz CT molecular complexity index is 395. The first-order valence-electron chi connectivity index (χ1n) is 5.92. The van der Waals surface area contributed by atoms with E-state index in [1.165, 1.54) is 6.07 Å². The fourth-order valence-electron chi connectivity index (χ4n) is 1.89. The molecule has 102 valence electrons. The van der Waals surface area contributed by atoms with E-state index in [4.69, 9.17) is 10.6 Å². The van der Waals surface area contributed by atoms with Crippen LogP contribution in [0, 0.1) is 11.6 Å². The van der Waals surface area contributed by atoms with E-state index in [1.807, 2.05) is 13.8 Å². The topological polar surface area (TPSA) is 47.3 Å². The van der Waals surface area contributed by atoms with E-state index in [1.54, 1.807) is 13.2 Å². The van der Waals surface area contributed by atoms with Crippen molar-refractivity contribution < 1.29 is 13.5 Å². The van der Waals surface area contributed by atoms with E-state index in [-0.39, 0.29) is 6.04 Å². The molecule has 2 atom stereocenters. The molecule has 0 aromatic heterocycles. The normalized spacial score (nSPS) is 16.3. The third-order valence-corrected chi connectivity index (χ3v) is 3.53. The minimum Gasteiger partial charge on any atom is -0.377 e. The largest absolute Gasteiger partial charge is 0.377 e. The third-order valence-electron chi connectivity index (χ3n) is 3.53. The zero-order valence-corrected chi connectivity index (χ0v) is 11.0. The highest BCUT2D eigenvalue weighted by Crippen LogP contribution is 2.22. The summed E-state index contributed by atoms with van der Waals surface area (Å²) in [6.45, 7) is 3.91. The van der Waals surface area contributed by atoms with Gasteiger partial charge in [0.2, 0.25) is 0 Å². The SMILES string of the molecule is CCC(C)(OC)C(Cc1ccc(F)c(F)c1)NN. The van der Waals surface area contributed by atoms with Crippen LogP contribution in [0.4, 0.5) is 8.78 Å². The second-order valence-electron chi connectivity index (χ2n) is 4.54. The lowest BCUT2D eigenvalue weighted by Crippen LogP contribution is -2.53. The summed E-state index contributed by atoms with van der Waals surface area (Å²) in [5, 5.41) is 0. The van der Waals surface area contributed by atoms with Gasteiger partial charge in [-0.15, -0.1) is 0 Å². The third kappa shape index (κ3) is 3.25. The maximum atomic E-state index is 13.1. The summed E-state index contributed by atoms with van der Waals surface area (Å²) in [6, 6.07) is 3.67. The number of methoxy groups -OCH3 is 1. The fourth-order valence-corrected chi connectivity index (χ4v) is 1.89. The molecule has 1 rings (SSSR count). The molecule has 0 radical (unpaired) electrons. The summed E-state index contributed by atoms with van der Waals surface area (Å²) in [7, 11) is 1.61. The van der Waals surface area contributed by atoms with Crippen molar-refractivity contribution in [3.63, 3.8) is 0 Å². The van der Waals surface area contributed by atoms with Gasteiger partial charge in [0.25, 0.3) is 0 Å². The molecule has 1 aromatic rings. The number of benzene rings is 1. The molecular formula is C13H20F2N2O.